The average molecular weight is 821 g/mol. The Labute approximate surface area is 350 Å². The van der Waals surface area contributed by atoms with Gasteiger partial charge in [-0.2, -0.15) is 0 Å². The van der Waals surface area contributed by atoms with Crippen molar-refractivity contribution in [1.82, 2.24) is 0 Å². The number of ether oxygens (including phenoxy) is 2. The summed E-state index contributed by atoms with van der Waals surface area (Å²) in [6.07, 6.45) is 54.2. The van der Waals surface area contributed by atoms with Gasteiger partial charge < -0.3 is 14.4 Å². The number of allylic oxidation sites excluding steroid dienone is 10. The molecule has 9 heteroatoms. The minimum Gasteiger partial charge on any atom is -0.462 e. The van der Waals surface area contributed by atoms with E-state index in [-0.39, 0.29) is 25.4 Å². The van der Waals surface area contributed by atoms with Gasteiger partial charge in [0.05, 0.1) is 6.61 Å². The van der Waals surface area contributed by atoms with Crippen LogP contribution in [0.25, 0.3) is 0 Å². The Morgan fingerprint density at radius 3 is 1.33 bits per heavy atom. The maximum atomic E-state index is 12.5. The van der Waals surface area contributed by atoms with Crippen LogP contribution in [0.3, 0.4) is 0 Å². The third-order valence-corrected chi connectivity index (χ3v) is 10.7. The molecule has 0 amide bonds. The molecule has 0 aliphatic heterocycles. The van der Waals surface area contributed by atoms with Gasteiger partial charge in [0.25, 0.3) is 0 Å². The van der Waals surface area contributed by atoms with Crippen molar-refractivity contribution in [1.29, 1.82) is 0 Å². The van der Waals surface area contributed by atoms with Gasteiger partial charge in [-0.25, -0.2) is 4.57 Å². The summed E-state index contributed by atoms with van der Waals surface area (Å²) in [6, 6.07) is 0. The van der Waals surface area contributed by atoms with Crippen LogP contribution in [-0.4, -0.2) is 43.3 Å². The Balaban J connectivity index is 4.01. The van der Waals surface area contributed by atoms with Gasteiger partial charge in [0.1, 0.15) is 6.61 Å². The molecule has 0 heterocycles. The van der Waals surface area contributed by atoms with Crippen molar-refractivity contribution in [2.24, 2.45) is 0 Å². The number of phosphoric acid groups is 1. The van der Waals surface area contributed by atoms with E-state index in [1.165, 1.54) is 103 Å². The smallest absolute Gasteiger partial charge is 0.462 e. The van der Waals surface area contributed by atoms with Gasteiger partial charge in [-0.15, -0.1) is 0 Å². The molecule has 0 radical (unpaired) electrons. The van der Waals surface area contributed by atoms with Gasteiger partial charge in [-0.05, 0) is 57.8 Å². The summed E-state index contributed by atoms with van der Waals surface area (Å²) in [5.41, 5.74) is 0. The van der Waals surface area contributed by atoms with Gasteiger partial charge >= 0.3 is 19.8 Å². The quantitative estimate of drug-likeness (QED) is 0.0281. The molecular weight excluding hydrogens is 735 g/mol. The SMILES string of the molecule is CC/C=C\C/C=C\C/C=C\C/C=C\C/C=C\CCCCCC(=O)OC(COC(=O)CCCCCCCCCCCCCCCCCCCCC)COP(=O)(O)OC. The van der Waals surface area contributed by atoms with Crippen LogP contribution in [0.2, 0.25) is 0 Å². The largest absolute Gasteiger partial charge is 0.472 e. The second kappa shape index (κ2) is 43.3. The summed E-state index contributed by atoms with van der Waals surface area (Å²) in [6.45, 7) is 3.77. The van der Waals surface area contributed by atoms with E-state index in [9.17, 15) is 19.0 Å². The van der Waals surface area contributed by atoms with E-state index in [4.69, 9.17) is 14.0 Å². The van der Waals surface area contributed by atoms with Crippen molar-refractivity contribution < 1.29 is 37.6 Å². The van der Waals surface area contributed by atoms with Crippen LogP contribution in [0.15, 0.2) is 60.8 Å². The number of hydrogen-bond acceptors (Lipinski definition) is 7. The van der Waals surface area contributed by atoms with Crippen molar-refractivity contribution in [2.75, 3.05) is 20.3 Å². The van der Waals surface area contributed by atoms with Crippen LogP contribution in [0.1, 0.15) is 206 Å². The normalized spacial score (nSPS) is 13.8. The predicted octanol–water partition coefficient (Wildman–Crippen LogP) is 14.7. The summed E-state index contributed by atoms with van der Waals surface area (Å²) in [5, 5.41) is 0. The number of rotatable bonds is 42. The molecule has 0 aromatic carbocycles. The molecule has 0 bridgehead atoms. The predicted molar refractivity (Wildman–Crippen MR) is 239 cm³/mol. The third-order valence-electron chi connectivity index (χ3n) is 9.78. The highest BCUT2D eigenvalue weighted by Crippen LogP contribution is 2.42. The Hall–Kier alpha value is -2.25. The van der Waals surface area contributed by atoms with Crippen LogP contribution in [0.5, 0.6) is 0 Å². The summed E-state index contributed by atoms with van der Waals surface area (Å²) in [5.74, 6) is -0.837. The Kier molecular flexibility index (Phi) is 41.6. The molecule has 0 aromatic heterocycles. The number of unbranched alkanes of at least 4 members (excludes halogenated alkanes) is 21. The topological polar surface area (TPSA) is 108 Å². The van der Waals surface area contributed by atoms with E-state index in [0.29, 0.717) is 6.42 Å². The summed E-state index contributed by atoms with van der Waals surface area (Å²) in [4.78, 5) is 34.5. The molecule has 0 fully saturated rings. The molecule has 330 valence electrons. The van der Waals surface area contributed by atoms with E-state index in [1.807, 2.05) is 0 Å². The average Bonchev–Trinajstić information content (AvgIpc) is 3.20. The molecule has 0 saturated carbocycles. The monoisotopic (exact) mass is 821 g/mol. The maximum absolute atomic E-state index is 12.5. The Bertz CT molecular complexity index is 1110. The van der Waals surface area contributed by atoms with Crippen LogP contribution in [-0.2, 0) is 32.7 Å². The number of hydrogen-bond donors (Lipinski definition) is 1. The first-order chi connectivity index (χ1) is 27.8. The van der Waals surface area contributed by atoms with Crippen LogP contribution < -0.4 is 0 Å². The first-order valence-corrected chi connectivity index (χ1v) is 24.5. The fourth-order valence-corrected chi connectivity index (χ4v) is 6.73. The highest BCUT2D eigenvalue weighted by atomic mass is 31.2. The van der Waals surface area contributed by atoms with Gasteiger partial charge in [0, 0.05) is 20.0 Å². The second-order valence-electron chi connectivity index (χ2n) is 15.2. The lowest BCUT2D eigenvalue weighted by molar-refractivity contribution is -0.161. The summed E-state index contributed by atoms with van der Waals surface area (Å²) >= 11 is 0. The van der Waals surface area contributed by atoms with Crippen molar-refractivity contribution in [3.05, 3.63) is 60.8 Å². The molecule has 0 aliphatic rings. The van der Waals surface area contributed by atoms with E-state index < -0.39 is 26.5 Å². The van der Waals surface area contributed by atoms with Crippen molar-refractivity contribution in [3.8, 4) is 0 Å². The van der Waals surface area contributed by atoms with Gasteiger partial charge in [0.15, 0.2) is 6.10 Å². The number of carbonyl (C=O) groups is 2. The van der Waals surface area contributed by atoms with Gasteiger partial charge in [0.2, 0.25) is 0 Å². The molecular formula is C48H85O8P. The Morgan fingerprint density at radius 1 is 0.509 bits per heavy atom. The summed E-state index contributed by atoms with van der Waals surface area (Å²) in [7, 11) is -3.22. The highest BCUT2D eigenvalue weighted by Gasteiger charge is 2.24. The molecule has 0 saturated heterocycles. The number of carbonyl (C=O) groups excluding carboxylic acids is 2. The van der Waals surface area contributed by atoms with Crippen LogP contribution in [0, 0.1) is 0 Å². The number of esters is 2. The van der Waals surface area contributed by atoms with Crippen molar-refractivity contribution >= 4 is 19.8 Å². The molecule has 0 aromatic rings. The molecule has 0 rings (SSSR count). The molecule has 2 atom stereocenters. The lowest BCUT2D eigenvalue weighted by Gasteiger charge is -2.19. The van der Waals surface area contributed by atoms with Crippen molar-refractivity contribution in [2.45, 2.75) is 213 Å². The molecule has 8 nitrogen and oxygen atoms in total. The maximum Gasteiger partial charge on any atom is 0.472 e. The first-order valence-electron chi connectivity index (χ1n) is 23.0. The number of phosphoric ester groups is 1. The molecule has 0 aliphatic carbocycles. The van der Waals surface area contributed by atoms with Crippen molar-refractivity contribution in [3.63, 3.8) is 0 Å². The van der Waals surface area contributed by atoms with E-state index in [2.05, 4.69) is 79.1 Å². The fourth-order valence-electron chi connectivity index (χ4n) is 6.27. The minimum absolute atomic E-state index is 0.205. The van der Waals surface area contributed by atoms with E-state index >= 15 is 0 Å². The molecule has 1 N–H and O–H groups in total. The van der Waals surface area contributed by atoms with Crippen LogP contribution >= 0.6 is 7.82 Å². The van der Waals surface area contributed by atoms with Gasteiger partial charge in [-0.3, -0.25) is 18.6 Å². The van der Waals surface area contributed by atoms with Crippen LogP contribution in [0.4, 0.5) is 0 Å². The first kappa shape index (κ1) is 54.8. The molecule has 57 heavy (non-hydrogen) atoms. The second-order valence-corrected chi connectivity index (χ2v) is 16.7. The zero-order valence-corrected chi connectivity index (χ0v) is 37.6. The lowest BCUT2D eigenvalue weighted by atomic mass is 10.0. The van der Waals surface area contributed by atoms with E-state index in [0.717, 1.165) is 77.7 Å². The Morgan fingerprint density at radius 2 is 0.895 bits per heavy atom. The molecule has 2 unspecified atom stereocenters. The minimum atomic E-state index is -4.28. The lowest BCUT2D eigenvalue weighted by Crippen LogP contribution is -2.29. The van der Waals surface area contributed by atoms with E-state index in [1.54, 1.807) is 0 Å². The highest BCUT2D eigenvalue weighted by molar-refractivity contribution is 7.47. The van der Waals surface area contributed by atoms with Gasteiger partial charge in [-0.1, -0.05) is 197 Å². The zero-order valence-electron chi connectivity index (χ0n) is 36.7. The standard InChI is InChI=1S/C48H85O8P/c1-4-6-8-10-12-14-16-18-20-22-24-26-28-30-32-34-36-38-40-42-47(49)54-44-46(45-55-57(51,52)53-3)56-48(50)43-41-39-37-35-33-31-29-27-25-23-21-19-17-15-13-11-9-7-5-2/h7,9,13,15,19,21,25,27,31,33,46H,4-6,8,10-12,14,16-18,20,22-24,26,28-30,32,34-45H2,1-3H3,(H,51,52)/b9-7-,15-13-,21-19-,27-25-,33-31-. The fraction of sp³-hybridized carbons (Fsp3) is 0.750. The zero-order chi connectivity index (χ0) is 41.8. The third kappa shape index (κ3) is 43.2. The molecule has 0 spiro atoms. The summed E-state index contributed by atoms with van der Waals surface area (Å²) < 4.78 is 32.0.